The van der Waals surface area contributed by atoms with Crippen LogP contribution in [-0.2, 0) is 24.7 Å². The molecule has 2 fully saturated rings. The summed E-state index contributed by atoms with van der Waals surface area (Å²) in [6.45, 7) is 8.64. The molecule has 1 spiro atoms. The molecule has 4 rings (SSSR count). The lowest BCUT2D eigenvalue weighted by Crippen LogP contribution is -2.53. The Labute approximate surface area is 171 Å². The van der Waals surface area contributed by atoms with E-state index in [4.69, 9.17) is 4.74 Å². The van der Waals surface area contributed by atoms with E-state index in [1.54, 1.807) is 7.11 Å². The van der Waals surface area contributed by atoms with Crippen molar-refractivity contribution in [1.29, 1.82) is 0 Å². The molecule has 4 atom stereocenters. The van der Waals surface area contributed by atoms with Gasteiger partial charge in [0.25, 0.3) is 0 Å². The molecule has 2 N–H and O–H groups in total. The van der Waals surface area contributed by atoms with E-state index in [2.05, 4.69) is 24.5 Å². The minimum atomic E-state index is -1.20. The summed E-state index contributed by atoms with van der Waals surface area (Å²) in [5.41, 5.74) is 2.41. The van der Waals surface area contributed by atoms with Crippen LogP contribution >= 0.6 is 0 Å². The van der Waals surface area contributed by atoms with Gasteiger partial charge in [-0.2, -0.15) is 0 Å². The molecule has 29 heavy (non-hydrogen) atoms. The number of carbonyl (C=O) groups excluding carboxylic acids is 3. The first-order valence-electron chi connectivity index (χ1n) is 10.3. The molecule has 0 aromatic heterocycles. The summed E-state index contributed by atoms with van der Waals surface area (Å²) in [4.78, 5) is 41.4. The molecule has 156 valence electrons. The van der Waals surface area contributed by atoms with Gasteiger partial charge < -0.3 is 10.1 Å². The number of nitrogens with one attached hydrogen (secondary N) is 2. The molecule has 0 saturated carbocycles. The zero-order chi connectivity index (χ0) is 21.1. The van der Waals surface area contributed by atoms with Gasteiger partial charge in [0.05, 0.1) is 25.0 Å². The van der Waals surface area contributed by atoms with Gasteiger partial charge in [-0.25, -0.2) is 0 Å². The number of ether oxygens (including phenoxy) is 1. The highest BCUT2D eigenvalue weighted by atomic mass is 16.5. The van der Waals surface area contributed by atoms with Gasteiger partial charge >= 0.3 is 0 Å². The lowest BCUT2D eigenvalue weighted by atomic mass is 9.75. The van der Waals surface area contributed by atoms with Gasteiger partial charge in [0.2, 0.25) is 17.7 Å². The predicted octanol–water partition coefficient (Wildman–Crippen LogP) is 1.72. The van der Waals surface area contributed by atoms with Crippen molar-refractivity contribution in [2.24, 2.45) is 17.8 Å². The highest BCUT2D eigenvalue weighted by Gasteiger charge is 2.70. The molecule has 7 heteroatoms. The first-order chi connectivity index (χ1) is 13.7. The van der Waals surface area contributed by atoms with Crippen LogP contribution in [0.15, 0.2) is 12.1 Å². The summed E-state index contributed by atoms with van der Waals surface area (Å²) >= 11 is 0. The minimum Gasteiger partial charge on any atom is -0.383 e. The largest absolute Gasteiger partial charge is 0.383 e. The van der Waals surface area contributed by atoms with Crippen LogP contribution < -0.4 is 10.6 Å². The van der Waals surface area contributed by atoms with Crippen molar-refractivity contribution < 1.29 is 19.1 Å². The van der Waals surface area contributed by atoms with Gasteiger partial charge in [-0.05, 0) is 37.3 Å². The zero-order valence-corrected chi connectivity index (χ0v) is 17.7. The van der Waals surface area contributed by atoms with E-state index in [1.165, 1.54) is 4.90 Å². The average Bonchev–Trinajstić information content (AvgIpc) is 3.22. The number of hydrogen-bond acceptors (Lipinski definition) is 5. The quantitative estimate of drug-likeness (QED) is 0.736. The first kappa shape index (κ1) is 20.0. The molecule has 7 nitrogen and oxygen atoms in total. The van der Waals surface area contributed by atoms with Crippen LogP contribution in [-0.4, -0.2) is 48.9 Å². The highest BCUT2D eigenvalue weighted by Crippen LogP contribution is 2.54. The van der Waals surface area contributed by atoms with Crippen LogP contribution in [0.2, 0.25) is 0 Å². The van der Waals surface area contributed by atoms with Crippen molar-refractivity contribution in [2.45, 2.75) is 45.7 Å². The summed E-state index contributed by atoms with van der Waals surface area (Å²) in [7, 11) is 1.54. The third kappa shape index (κ3) is 2.67. The van der Waals surface area contributed by atoms with E-state index < -0.39 is 17.4 Å². The summed E-state index contributed by atoms with van der Waals surface area (Å²) < 4.78 is 5.10. The van der Waals surface area contributed by atoms with Crippen LogP contribution in [0, 0.1) is 31.6 Å². The smallest absolute Gasteiger partial charge is 0.250 e. The second-order valence-electron chi connectivity index (χ2n) is 8.90. The van der Waals surface area contributed by atoms with Crippen molar-refractivity contribution in [3.63, 3.8) is 0 Å². The number of fused-ring (bicyclic) bond motifs is 4. The predicted molar refractivity (Wildman–Crippen MR) is 108 cm³/mol. The Kier molecular flexibility index (Phi) is 4.78. The number of rotatable bonds is 5. The van der Waals surface area contributed by atoms with Gasteiger partial charge in [-0.3, -0.25) is 24.6 Å². The van der Waals surface area contributed by atoms with Gasteiger partial charge in [-0.15, -0.1) is 0 Å². The SMILES string of the molecule is COCCN1C(=O)C2C(CC(C)C)NC3(C(=O)Nc4c3ccc(C)c4C)C2C1=O. The number of imide groups is 1. The molecule has 0 aliphatic carbocycles. The molecule has 0 radical (unpaired) electrons. The molecule has 3 amide bonds. The zero-order valence-electron chi connectivity index (χ0n) is 17.7. The Hall–Kier alpha value is -2.25. The van der Waals surface area contributed by atoms with Gasteiger partial charge in [0.15, 0.2) is 0 Å². The lowest BCUT2D eigenvalue weighted by Gasteiger charge is -2.30. The summed E-state index contributed by atoms with van der Waals surface area (Å²) in [5.74, 6) is -1.67. The third-order valence-electron chi connectivity index (χ3n) is 6.76. The second kappa shape index (κ2) is 6.92. The monoisotopic (exact) mass is 399 g/mol. The van der Waals surface area contributed by atoms with Crippen molar-refractivity contribution >= 4 is 23.4 Å². The Morgan fingerprint density at radius 1 is 1.17 bits per heavy atom. The number of aryl methyl sites for hydroxylation is 1. The molecule has 3 aliphatic rings. The van der Waals surface area contributed by atoms with Gasteiger partial charge in [0.1, 0.15) is 5.54 Å². The molecule has 3 aliphatic heterocycles. The molecular formula is C22H29N3O4. The average molecular weight is 399 g/mol. The number of hydrogen-bond donors (Lipinski definition) is 2. The van der Waals surface area contributed by atoms with Crippen molar-refractivity contribution in [1.82, 2.24) is 10.2 Å². The summed E-state index contributed by atoms with van der Waals surface area (Å²) in [6.07, 6.45) is 0.716. The maximum Gasteiger partial charge on any atom is 0.250 e. The Balaban J connectivity index is 1.85. The second-order valence-corrected chi connectivity index (χ2v) is 8.90. The highest BCUT2D eigenvalue weighted by molar-refractivity contribution is 6.15. The van der Waals surface area contributed by atoms with Gasteiger partial charge in [-0.1, -0.05) is 26.0 Å². The van der Waals surface area contributed by atoms with E-state index in [0.717, 1.165) is 22.4 Å². The molecule has 1 aromatic carbocycles. The Bertz CT molecular complexity index is 896. The maximum absolute atomic E-state index is 13.4. The molecule has 3 heterocycles. The molecule has 2 saturated heterocycles. The van der Waals surface area contributed by atoms with Crippen LogP contribution in [0.5, 0.6) is 0 Å². The first-order valence-corrected chi connectivity index (χ1v) is 10.3. The molecule has 0 bridgehead atoms. The van der Waals surface area contributed by atoms with Crippen LogP contribution in [0.3, 0.4) is 0 Å². The van der Waals surface area contributed by atoms with Crippen LogP contribution in [0.4, 0.5) is 5.69 Å². The number of methoxy groups -OCH3 is 1. The number of amides is 3. The fourth-order valence-electron chi connectivity index (χ4n) is 5.29. The number of likely N-dealkylation sites (tertiary alicyclic amines) is 1. The number of nitrogens with zero attached hydrogens (tertiary/aromatic N) is 1. The summed E-state index contributed by atoms with van der Waals surface area (Å²) in [5, 5.41) is 6.49. The third-order valence-corrected chi connectivity index (χ3v) is 6.76. The summed E-state index contributed by atoms with van der Waals surface area (Å²) in [6, 6.07) is 3.67. The standard InChI is InChI=1S/C22H29N3O4/c1-11(2)10-15-16-17(20(27)25(19(16)26)8-9-29-5)22(24-15)14-7-6-12(3)13(4)18(14)23-21(22)28/h6-7,11,15-17,24H,8-10H2,1-5H3,(H,23,28). The van der Waals surface area contributed by atoms with Crippen molar-refractivity contribution in [3.8, 4) is 0 Å². The van der Waals surface area contributed by atoms with E-state index in [-0.39, 0.29) is 36.9 Å². The lowest BCUT2D eigenvalue weighted by molar-refractivity contribution is -0.143. The van der Waals surface area contributed by atoms with Gasteiger partial charge in [0, 0.05) is 24.4 Å². The van der Waals surface area contributed by atoms with E-state index in [1.807, 2.05) is 26.0 Å². The van der Waals surface area contributed by atoms with Crippen LogP contribution in [0.1, 0.15) is 37.0 Å². The van der Waals surface area contributed by atoms with Crippen LogP contribution in [0.25, 0.3) is 0 Å². The van der Waals surface area contributed by atoms with Crippen molar-refractivity contribution in [3.05, 3.63) is 28.8 Å². The fraction of sp³-hybridized carbons (Fsp3) is 0.591. The Morgan fingerprint density at radius 3 is 2.55 bits per heavy atom. The Morgan fingerprint density at radius 2 is 1.90 bits per heavy atom. The minimum absolute atomic E-state index is 0.197. The van der Waals surface area contributed by atoms with E-state index in [0.29, 0.717) is 12.3 Å². The fourth-order valence-corrected chi connectivity index (χ4v) is 5.29. The molecular weight excluding hydrogens is 370 g/mol. The topological polar surface area (TPSA) is 87.7 Å². The number of anilines is 1. The molecule has 4 unspecified atom stereocenters. The number of carbonyl (C=O) groups is 3. The number of benzene rings is 1. The van der Waals surface area contributed by atoms with E-state index in [9.17, 15) is 14.4 Å². The van der Waals surface area contributed by atoms with E-state index >= 15 is 0 Å². The molecule has 1 aromatic rings. The maximum atomic E-state index is 13.4. The normalized spacial score (nSPS) is 30.5. The van der Waals surface area contributed by atoms with Crippen molar-refractivity contribution in [2.75, 3.05) is 25.6 Å².